The summed E-state index contributed by atoms with van der Waals surface area (Å²) in [5.74, 6) is 1.87. The van der Waals surface area contributed by atoms with E-state index >= 15 is 0 Å². The number of aliphatic imine (C=N–C) groups is 1. The van der Waals surface area contributed by atoms with Crippen molar-refractivity contribution >= 4 is 29.9 Å². The normalized spacial score (nSPS) is 16.4. The van der Waals surface area contributed by atoms with Crippen molar-refractivity contribution in [1.29, 1.82) is 0 Å². The van der Waals surface area contributed by atoms with Crippen molar-refractivity contribution in [2.45, 2.75) is 25.8 Å². The van der Waals surface area contributed by atoms with Crippen LogP contribution in [-0.4, -0.2) is 82.3 Å². The van der Waals surface area contributed by atoms with Crippen molar-refractivity contribution in [3.8, 4) is 0 Å². The minimum Gasteiger partial charge on any atom is -0.468 e. The van der Waals surface area contributed by atoms with E-state index < -0.39 is 0 Å². The van der Waals surface area contributed by atoms with Crippen LogP contribution in [0.15, 0.2) is 27.8 Å². The second kappa shape index (κ2) is 14.2. The number of likely N-dealkylation sites (tertiary alicyclic amines) is 1. The van der Waals surface area contributed by atoms with Gasteiger partial charge in [-0.1, -0.05) is 0 Å². The number of hydrogen-bond acceptors (Lipinski definition) is 5. The van der Waals surface area contributed by atoms with Crippen LogP contribution in [0.5, 0.6) is 0 Å². The molecular formula is C19H36IN5O2. The number of rotatable bonds is 11. The number of hydrogen-bond donors (Lipinski definition) is 2. The number of nitrogens with zero attached hydrogens (tertiary/aromatic N) is 3. The smallest absolute Gasteiger partial charge is 0.191 e. The van der Waals surface area contributed by atoms with E-state index in [9.17, 15) is 0 Å². The molecule has 1 fully saturated rings. The maximum atomic E-state index is 5.68. The van der Waals surface area contributed by atoms with E-state index in [4.69, 9.17) is 14.1 Å². The minimum absolute atomic E-state index is 0. The first kappa shape index (κ1) is 24.2. The molecule has 0 radical (unpaired) electrons. The molecule has 1 unspecified atom stereocenters. The van der Waals surface area contributed by atoms with E-state index in [1.807, 2.05) is 6.07 Å². The van der Waals surface area contributed by atoms with Crippen molar-refractivity contribution < 1.29 is 9.15 Å². The Kier molecular flexibility index (Phi) is 12.7. The zero-order valence-corrected chi connectivity index (χ0v) is 19.3. The summed E-state index contributed by atoms with van der Waals surface area (Å²) in [6.07, 6.45) is 4.27. The third kappa shape index (κ3) is 8.80. The SMILES string of the molecule is CCNC(=NCC(c1ccco1)N1CCCC1)NCCN(C)CCOC.I. The molecule has 1 aliphatic rings. The molecule has 1 saturated heterocycles. The Morgan fingerprint density at radius 2 is 2.11 bits per heavy atom. The lowest BCUT2D eigenvalue weighted by atomic mass is 10.2. The van der Waals surface area contributed by atoms with Crippen molar-refractivity contribution in [2.75, 3.05) is 66.6 Å². The van der Waals surface area contributed by atoms with Crippen LogP contribution < -0.4 is 10.6 Å². The molecule has 1 atom stereocenters. The summed E-state index contributed by atoms with van der Waals surface area (Å²) < 4.78 is 10.8. The molecule has 0 amide bonds. The molecule has 0 aromatic carbocycles. The second-order valence-corrected chi connectivity index (χ2v) is 6.72. The molecule has 0 saturated carbocycles. The zero-order valence-electron chi connectivity index (χ0n) is 16.9. The molecule has 1 aromatic rings. The lowest BCUT2D eigenvalue weighted by molar-refractivity contribution is 0.162. The number of methoxy groups -OCH3 is 1. The lowest BCUT2D eigenvalue weighted by Crippen LogP contribution is -2.42. The number of guanidine groups is 1. The monoisotopic (exact) mass is 493 g/mol. The molecule has 2 rings (SSSR count). The van der Waals surface area contributed by atoms with Gasteiger partial charge in [-0.25, -0.2) is 0 Å². The van der Waals surface area contributed by atoms with E-state index in [0.29, 0.717) is 6.54 Å². The van der Waals surface area contributed by atoms with Gasteiger partial charge in [-0.2, -0.15) is 0 Å². The first-order valence-corrected chi connectivity index (χ1v) is 9.71. The van der Waals surface area contributed by atoms with Crippen molar-refractivity contribution in [3.63, 3.8) is 0 Å². The van der Waals surface area contributed by atoms with Gasteiger partial charge in [0.2, 0.25) is 0 Å². The predicted octanol–water partition coefficient (Wildman–Crippen LogP) is 2.17. The van der Waals surface area contributed by atoms with E-state index in [-0.39, 0.29) is 30.0 Å². The third-order valence-electron chi connectivity index (χ3n) is 4.68. The topological polar surface area (TPSA) is 65.3 Å². The van der Waals surface area contributed by atoms with Gasteiger partial charge in [-0.3, -0.25) is 9.89 Å². The van der Waals surface area contributed by atoms with Crippen molar-refractivity contribution in [2.24, 2.45) is 4.99 Å². The maximum Gasteiger partial charge on any atom is 0.191 e. The third-order valence-corrected chi connectivity index (χ3v) is 4.68. The fourth-order valence-corrected chi connectivity index (χ4v) is 3.16. The standard InChI is InChI=1S/C19H35N5O2.HI/c1-4-20-19(21-9-12-23(2)13-15-25-3)22-16-17(18-8-7-14-26-18)24-10-5-6-11-24;/h7-8,14,17H,4-6,9-13,15-16H2,1-3H3,(H2,20,21,22);1H. The quantitative estimate of drug-likeness (QED) is 0.280. The minimum atomic E-state index is 0. The van der Waals surface area contributed by atoms with Gasteiger partial charge < -0.3 is 24.7 Å². The van der Waals surface area contributed by atoms with Crippen LogP contribution in [0.1, 0.15) is 31.6 Å². The van der Waals surface area contributed by atoms with Crippen molar-refractivity contribution in [1.82, 2.24) is 20.4 Å². The highest BCUT2D eigenvalue weighted by atomic mass is 127. The molecule has 2 heterocycles. The van der Waals surface area contributed by atoms with Crippen LogP contribution >= 0.6 is 24.0 Å². The Morgan fingerprint density at radius 1 is 1.33 bits per heavy atom. The fraction of sp³-hybridized carbons (Fsp3) is 0.737. The molecule has 1 aromatic heterocycles. The molecular weight excluding hydrogens is 457 g/mol. The van der Waals surface area contributed by atoms with Gasteiger partial charge in [0.1, 0.15) is 5.76 Å². The average Bonchev–Trinajstić information content (AvgIpc) is 3.34. The van der Waals surface area contributed by atoms with E-state index in [2.05, 4.69) is 40.5 Å². The molecule has 0 bridgehead atoms. The van der Waals surface area contributed by atoms with Crippen LogP contribution in [-0.2, 0) is 4.74 Å². The van der Waals surface area contributed by atoms with Crippen LogP contribution in [0.25, 0.3) is 0 Å². The number of halogens is 1. The van der Waals surface area contributed by atoms with Gasteiger partial charge >= 0.3 is 0 Å². The Morgan fingerprint density at radius 3 is 2.74 bits per heavy atom. The molecule has 0 spiro atoms. The highest BCUT2D eigenvalue weighted by molar-refractivity contribution is 14.0. The average molecular weight is 493 g/mol. The molecule has 27 heavy (non-hydrogen) atoms. The number of nitrogens with one attached hydrogen (secondary N) is 2. The summed E-state index contributed by atoms with van der Waals surface area (Å²) in [5.41, 5.74) is 0. The predicted molar refractivity (Wildman–Crippen MR) is 121 cm³/mol. The van der Waals surface area contributed by atoms with Gasteiger partial charge in [0.15, 0.2) is 5.96 Å². The molecule has 0 aliphatic carbocycles. The number of likely N-dealkylation sites (N-methyl/N-ethyl adjacent to an activating group) is 1. The zero-order chi connectivity index (χ0) is 18.6. The van der Waals surface area contributed by atoms with Gasteiger partial charge in [0.25, 0.3) is 0 Å². The number of furan rings is 1. The van der Waals surface area contributed by atoms with E-state index in [1.54, 1.807) is 13.4 Å². The second-order valence-electron chi connectivity index (χ2n) is 6.72. The van der Waals surface area contributed by atoms with Crippen LogP contribution in [0.2, 0.25) is 0 Å². The first-order valence-electron chi connectivity index (χ1n) is 9.71. The van der Waals surface area contributed by atoms with Gasteiger partial charge in [0.05, 0.1) is 25.5 Å². The lowest BCUT2D eigenvalue weighted by Gasteiger charge is -2.25. The Balaban J connectivity index is 0.00000364. The van der Waals surface area contributed by atoms with Gasteiger partial charge in [-0.05, 0) is 52.0 Å². The van der Waals surface area contributed by atoms with Gasteiger partial charge in [0, 0.05) is 33.3 Å². The Labute approximate surface area is 180 Å². The summed E-state index contributed by atoms with van der Waals surface area (Å²) in [7, 11) is 3.84. The molecule has 156 valence electrons. The highest BCUT2D eigenvalue weighted by Gasteiger charge is 2.25. The summed E-state index contributed by atoms with van der Waals surface area (Å²) >= 11 is 0. The molecule has 8 heteroatoms. The highest BCUT2D eigenvalue weighted by Crippen LogP contribution is 2.25. The Bertz CT molecular complexity index is 506. The summed E-state index contributed by atoms with van der Waals surface area (Å²) in [4.78, 5) is 9.55. The van der Waals surface area contributed by atoms with Gasteiger partial charge in [-0.15, -0.1) is 24.0 Å². The maximum absolute atomic E-state index is 5.68. The fourth-order valence-electron chi connectivity index (χ4n) is 3.16. The largest absolute Gasteiger partial charge is 0.468 e. The Hall–Kier alpha value is -0.840. The number of ether oxygens (including phenoxy) is 1. The molecule has 1 aliphatic heterocycles. The summed E-state index contributed by atoms with van der Waals surface area (Å²) in [5, 5.41) is 6.76. The van der Waals surface area contributed by atoms with Crippen LogP contribution in [0.4, 0.5) is 0 Å². The van der Waals surface area contributed by atoms with Crippen LogP contribution in [0.3, 0.4) is 0 Å². The van der Waals surface area contributed by atoms with E-state index in [1.165, 1.54) is 12.8 Å². The summed E-state index contributed by atoms with van der Waals surface area (Å²) in [6.45, 7) is 9.36. The molecule has 2 N–H and O–H groups in total. The summed E-state index contributed by atoms with van der Waals surface area (Å²) in [6, 6.07) is 4.23. The first-order chi connectivity index (χ1) is 12.7. The molecule has 7 nitrogen and oxygen atoms in total. The van der Waals surface area contributed by atoms with E-state index in [0.717, 1.165) is 57.6 Å². The van der Waals surface area contributed by atoms with Crippen molar-refractivity contribution in [3.05, 3.63) is 24.2 Å². The van der Waals surface area contributed by atoms with Crippen LogP contribution in [0, 0.1) is 0 Å².